The van der Waals surface area contributed by atoms with E-state index in [9.17, 15) is 4.39 Å². The molecule has 0 atom stereocenters. The quantitative estimate of drug-likeness (QED) is 0.901. The number of halogens is 2. The van der Waals surface area contributed by atoms with Gasteiger partial charge in [0.05, 0.1) is 10.2 Å². The Morgan fingerprint density at radius 2 is 2.15 bits per heavy atom. The van der Waals surface area contributed by atoms with Crippen LogP contribution in [-0.4, -0.2) is 10.5 Å². The van der Waals surface area contributed by atoms with Crippen molar-refractivity contribution in [2.45, 2.75) is 32.9 Å². The van der Waals surface area contributed by atoms with Gasteiger partial charge in [0.25, 0.3) is 0 Å². The lowest BCUT2D eigenvalue weighted by Crippen LogP contribution is -2.35. The summed E-state index contributed by atoms with van der Waals surface area (Å²) in [6, 6.07) is 4.14. The van der Waals surface area contributed by atoms with Crippen LogP contribution in [0.1, 0.15) is 26.5 Å². The summed E-state index contributed by atoms with van der Waals surface area (Å²) in [7, 11) is 0. The van der Waals surface area contributed by atoms with Crippen molar-refractivity contribution in [1.82, 2.24) is 10.3 Å². The number of aromatic nitrogens is 1. The average molecular weight is 343 g/mol. The van der Waals surface area contributed by atoms with Crippen molar-refractivity contribution in [3.63, 3.8) is 0 Å². The van der Waals surface area contributed by atoms with Crippen LogP contribution in [0.25, 0.3) is 0 Å². The van der Waals surface area contributed by atoms with Crippen molar-refractivity contribution in [2.24, 2.45) is 0 Å². The number of hydrogen-bond acceptors (Lipinski definition) is 4. The fourth-order valence-electron chi connectivity index (χ4n) is 1.42. The van der Waals surface area contributed by atoms with Gasteiger partial charge in [0, 0.05) is 12.1 Å². The third kappa shape index (κ3) is 4.31. The van der Waals surface area contributed by atoms with Gasteiger partial charge in [-0.25, -0.2) is 4.39 Å². The highest BCUT2D eigenvalue weighted by molar-refractivity contribution is 9.10. The molecule has 0 aliphatic rings. The molecule has 1 aromatic heterocycles. The smallest absolute Gasteiger partial charge is 0.399 e. The number of benzene rings is 1. The second-order valence-corrected chi connectivity index (χ2v) is 6.24. The Morgan fingerprint density at radius 1 is 1.40 bits per heavy atom. The minimum absolute atomic E-state index is 0.0000441. The number of rotatable bonds is 4. The first kappa shape index (κ1) is 15.0. The molecule has 0 radical (unpaired) electrons. The number of nitrogens with zero attached hydrogens (tertiary/aromatic N) is 1. The number of nitrogens with one attached hydrogen (secondary N) is 1. The standard InChI is InChI=1S/C14H16BrFN2O2/c1-14(2,3)17-7-10-8-19-13(18-10)20-12-5-4-9(16)6-11(12)15/h4-6,8,17H,7H2,1-3H3. The molecular formula is C14H16BrFN2O2. The minimum Gasteiger partial charge on any atom is -0.417 e. The Bertz CT molecular complexity index is 593. The average Bonchev–Trinajstić information content (AvgIpc) is 2.77. The zero-order valence-corrected chi connectivity index (χ0v) is 13.1. The van der Waals surface area contributed by atoms with Crippen LogP contribution in [0.5, 0.6) is 11.8 Å². The lowest BCUT2D eigenvalue weighted by molar-refractivity contribution is 0.329. The molecule has 2 aromatic rings. The Labute approximate surface area is 125 Å². The van der Waals surface area contributed by atoms with E-state index in [0.717, 1.165) is 5.69 Å². The fraction of sp³-hybridized carbons (Fsp3) is 0.357. The van der Waals surface area contributed by atoms with Gasteiger partial charge in [-0.05, 0) is 54.9 Å². The molecule has 1 N–H and O–H groups in total. The highest BCUT2D eigenvalue weighted by Crippen LogP contribution is 2.29. The zero-order chi connectivity index (χ0) is 14.8. The van der Waals surface area contributed by atoms with E-state index >= 15 is 0 Å². The van der Waals surface area contributed by atoms with Crippen LogP contribution in [0.3, 0.4) is 0 Å². The van der Waals surface area contributed by atoms with Crippen LogP contribution in [0.4, 0.5) is 4.39 Å². The van der Waals surface area contributed by atoms with Crippen molar-refractivity contribution >= 4 is 15.9 Å². The summed E-state index contributed by atoms with van der Waals surface area (Å²) in [6.45, 7) is 6.79. The van der Waals surface area contributed by atoms with E-state index in [2.05, 4.69) is 47.0 Å². The van der Waals surface area contributed by atoms with E-state index in [-0.39, 0.29) is 17.4 Å². The summed E-state index contributed by atoms with van der Waals surface area (Å²) in [5.74, 6) is 0.107. The molecule has 0 spiro atoms. The van der Waals surface area contributed by atoms with Gasteiger partial charge in [0.2, 0.25) is 0 Å². The fourth-order valence-corrected chi connectivity index (χ4v) is 1.86. The van der Waals surface area contributed by atoms with E-state index in [0.29, 0.717) is 16.8 Å². The molecule has 0 unspecified atom stereocenters. The van der Waals surface area contributed by atoms with Crippen LogP contribution in [0, 0.1) is 5.82 Å². The van der Waals surface area contributed by atoms with E-state index in [1.807, 2.05) is 0 Å². The zero-order valence-electron chi connectivity index (χ0n) is 11.5. The molecule has 108 valence electrons. The minimum atomic E-state index is -0.341. The van der Waals surface area contributed by atoms with Crippen LogP contribution >= 0.6 is 15.9 Å². The summed E-state index contributed by atoms with van der Waals surface area (Å²) in [4.78, 5) is 4.21. The monoisotopic (exact) mass is 342 g/mol. The maximum Gasteiger partial charge on any atom is 0.399 e. The van der Waals surface area contributed by atoms with Gasteiger partial charge in [-0.2, -0.15) is 4.98 Å². The van der Waals surface area contributed by atoms with Gasteiger partial charge < -0.3 is 14.5 Å². The first-order chi connectivity index (χ1) is 9.33. The van der Waals surface area contributed by atoms with E-state index < -0.39 is 0 Å². The first-order valence-electron chi connectivity index (χ1n) is 6.16. The number of oxazole rings is 1. The predicted molar refractivity (Wildman–Crippen MR) is 77.3 cm³/mol. The Balaban J connectivity index is 2.02. The SMILES string of the molecule is CC(C)(C)NCc1coc(Oc2ccc(F)cc2Br)n1. The molecule has 0 bridgehead atoms. The Morgan fingerprint density at radius 3 is 2.80 bits per heavy atom. The predicted octanol–water partition coefficient (Wildman–Crippen LogP) is 4.26. The molecule has 0 amide bonds. The van der Waals surface area contributed by atoms with Gasteiger partial charge in [-0.1, -0.05) is 0 Å². The molecule has 0 fully saturated rings. The van der Waals surface area contributed by atoms with Crippen LogP contribution in [-0.2, 0) is 6.54 Å². The number of ether oxygens (including phenoxy) is 1. The first-order valence-corrected chi connectivity index (χ1v) is 6.95. The Kier molecular flexibility index (Phi) is 4.45. The highest BCUT2D eigenvalue weighted by Gasteiger charge is 2.12. The normalized spacial score (nSPS) is 11.7. The van der Waals surface area contributed by atoms with Gasteiger partial charge in [0.15, 0.2) is 0 Å². The van der Waals surface area contributed by atoms with E-state index in [1.165, 1.54) is 24.5 Å². The maximum absolute atomic E-state index is 13.0. The molecule has 4 nitrogen and oxygen atoms in total. The third-order valence-electron chi connectivity index (χ3n) is 2.42. The Hall–Kier alpha value is -1.40. The topological polar surface area (TPSA) is 47.3 Å². The summed E-state index contributed by atoms with van der Waals surface area (Å²) >= 11 is 3.22. The molecular weight excluding hydrogens is 327 g/mol. The van der Waals surface area contributed by atoms with E-state index in [4.69, 9.17) is 9.15 Å². The van der Waals surface area contributed by atoms with Gasteiger partial charge in [-0.3, -0.25) is 0 Å². The molecule has 0 saturated carbocycles. The lowest BCUT2D eigenvalue weighted by atomic mass is 10.1. The van der Waals surface area contributed by atoms with Gasteiger partial charge >= 0.3 is 6.08 Å². The molecule has 0 saturated heterocycles. The highest BCUT2D eigenvalue weighted by atomic mass is 79.9. The molecule has 1 heterocycles. The van der Waals surface area contributed by atoms with Crippen LogP contribution in [0.15, 0.2) is 33.4 Å². The van der Waals surface area contributed by atoms with Crippen LogP contribution < -0.4 is 10.1 Å². The third-order valence-corrected chi connectivity index (χ3v) is 3.04. The summed E-state index contributed by atoms with van der Waals surface area (Å²) in [5.41, 5.74) is 0.744. The largest absolute Gasteiger partial charge is 0.417 e. The van der Waals surface area contributed by atoms with Gasteiger partial charge in [0.1, 0.15) is 17.8 Å². The summed E-state index contributed by atoms with van der Waals surface area (Å²) in [6.07, 6.45) is 1.66. The molecule has 2 rings (SSSR count). The second kappa shape index (κ2) is 5.93. The van der Waals surface area contributed by atoms with Crippen molar-refractivity contribution in [3.8, 4) is 11.8 Å². The molecule has 1 aromatic carbocycles. The van der Waals surface area contributed by atoms with Crippen molar-refractivity contribution in [1.29, 1.82) is 0 Å². The van der Waals surface area contributed by atoms with E-state index in [1.54, 1.807) is 0 Å². The second-order valence-electron chi connectivity index (χ2n) is 5.39. The van der Waals surface area contributed by atoms with Gasteiger partial charge in [-0.15, -0.1) is 0 Å². The van der Waals surface area contributed by atoms with Crippen molar-refractivity contribution in [3.05, 3.63) is 40.4 Å². The number of hydrogen-bond donors (Lipinski definition) is 1. The molecule has 20 heavy (non-hydrogen) atoms. The van der Waals surface area contributed by atoms with Crippen LogP contribution in [0.2, 0.25) is 0 Å². The summed E-state index contributed by atoms with van der Waals surface area (Å²) < 4.78 is 24.2. The summed E-state index contributed by atoms with van der Waals surface area (Å²) in [5, 5.41) is 3.30. The molecule has 6 heteroatoms. The van der Waals surface area contributed by atoms with Crippen molar-refractivity contribution in [2.75, 3.05) is 0 Å². The van der Waals surface area contributed by atoms with Crippen molar-refractivity contribution < 1.29 is 13.5 Å². The molecule has 0 aliphatic heterocycles. The molecule has 0 aliphatic carbocycles. The lowest BCUT2D eigenvalue weighted by Gasteiger charge is -2.19. The maximum atomic E-state index is 13.0.